The Morgan fingerprint density at radius 3 is 2.17 bits per heavy atom. The van der Waals surface area contributed by atoms with Crippen LogP contribution in [0, 0.1) is 5.82 Å². The molecule has 11 heteroatoms. The third-order valence-corrected chi connectivity index (χ3v) is 4.55. The van der Waals surface area contributed by atoms with Gasteiger partial charge in [0.25, 0.3) is 0 Å². The Bertz CT molecular complexity index is 994. The summed E-state index contributed by atoms with van der Waals surface area (Å²) in [5, 5.41) is 7.85. The lowest BCUT2D eigenvalue weighted by molar-refractivity contribution is 0.597. The fourth-order valence-electron chi connectivity index (χ4n) is 1.83. The summed E-state index contributed by atoms with van der Waals surface area (Å²) < 4.78 is 61.9. The summed E-state index contributed by atoms with van der Waals surface area (Å²) in [6, 6.07) is 7.23. The SMILES string of the molecule is CS(=O)(=O)Nc1ccc(S(N)(=O)=O)cc1Nc1ccc(Cl)cc1F. The Hall–Kier alpha value is -1.88. The first-order chi connectivity index (χ1) is 11.0. The van der Waals surface area contributed by atoms with Gasteiger partial charge in [-0.15, -0.1) is 0 Å². The third kappa shape index (κ3) is 4.81. The number of hydrogen-bond donors (Lipinski definition) is 3. The van der Waals surface area contributed by atoms with Crippen molar-refractivity contribution in [2.75, 3.05) is 16.3 Å². The lowest BCUT2D eigenvalue weighted by Gasteiger charge is -2.15. The quantitative estimate of drug-likeness (QED) is 0.719. The van der Waals surface area contributed by atoms with E-state index in [2.05, 4.69) is 10.0 Å². The number of rotatable bonds is 5. The van der Waals surface area contributed by atoms with Crippen molar-refractivity contribution in [1.29, 1.82) is 0 Å². The van der Waals surface area contributed by atoms with E-state index in [1.807, 2.05) is 0 Å². The van der Waals surface area contributed by atoms with Crippen LogP contribution >= 0.6 is 11.6 Å². The Labute approximate surface area is 143 Å². The van der Waals surface area contributed by atoms with Gasteiger partial charge in [0.15, 0.2) is 0 Å². The molecule has 0 bridgehead atoms. The van der Waals surface area contributed by atoms with Crippen molar-refractivity contribution in [1.82, 2.24) is 0 Å². The molecule has 0 atom stereocenters. The summed E-state index contributed by atoms with van der Waals surface area (Å²) in [4.78, 5) is -0.265. The molecule has 130 valence electrons. The minimum absolute atomic E-state index is 0.00757. The number of benzene rings is 2. The van der Waals surface area contributed by atoms with Crippen molar-refractivity contribution in [3.8, 4) is 0 Å². The van der Waals surface area contributed by atoms with Crippen LogP contribution in [0.25, 0.3) is 0 Å². The summed E-state index contributed by atoms with van der Waals surface area (Å²) in [6.07, 6.45) is 0.924. The smallest absolute Gasteiger partial charge is 0.238 e. The summed E-state index contributed by atoms with van der Waals surface area (Å²) in [5.41, 5.74) is 0.00921. The second-order valence-corrected chi connectivity index (χ2v) is 8.62. The highest BCUT2D eigenvalue weighted by Gasteiger charge is 2.15. The van der Waals surface area contributed by atoms with Crippen LogP contribution in [0.3, 0.4) is 0 Å². The lowest BCUT2D eigenvalue weighted by atomic mass is 10.2. The van der Waals surface area contributed by atoms with Gasteiger partial charge in [-0.1, -0.05) is 11.6 Å². The van der Waals surface area contributed by atoms with Gasteiger partial charge in [-0.2, -0.15) is 0 Å². The molecule has 7 nitrogen and oxygen atoms in total. The van der Waals surface area contributed by atoms with Gasteiger partial charge >= 0.3 is 0 Å². The molecule has 0 heterocycles. The Kier molecular flexibility index (Phi) is 5.04. The molecule has 0 saturated heterocycles. The van der Waals surface area contributed by atoms with E-state index in [0.717, 1.165) is 24.5 Å². The van der Waals surface area contributed by atoms with Crippen LogP contribution in [0.2, 0.25) is 5.02 Å². The average molecular weight is 394 g/mol. The van der Waals surface area contributed by atoms with Gasteiger partial charge in [-0.25, -0.2) is 26.4 Å². The molecule has 0 fully saturated rings. The van der Waals surface area contributed by atoms with Gasteiger partial charge < -0.3 is 5.32 Å². The first kappa shape index (κ1) is 18.5. The molecule has 2 aromatic rings. The van der Waals surface area contributed by atoms with E-state index >= 15 is 0 Å². The molecule has 2 rings (SSSR count). The fourth-order valence-corrected chi connectivity index (χ4v) is 3.10. The summed E-state index contributed by atoms with van der Waals surface area (Å²) in [5.74, 6) is -0.700. The van der Waals surface area contributed by atoms with Crippen LogP contribution in [-0.4, -0.2) is 23.1 Å². The van der Waals surface area contributed by atoms with Gasteiger partial charge in [0.05, 0.1) is 28.2 Å². The topological polar surface area (TPSA) is 118 Å². The predicted molar refractivity (Wildman–Crippen MR) is 91.0 cm³/mol. The Morgan fingerprint density at radius 2 is 1.62 bits per heavy atom. The zero-order valence-corrected chi connectivity index (χ0v) is 14.6. The second-order valence-electron chi connectivity index (χ2n) is 4.88. The number of hydrogen-bond acceptors (Lipinski definition) is 5. The first-order valence-corrected chi connectivity index (χ1v) is 10.1. The summed E-state index contributed by atoms with van der Waals surface area (Å²) in [7, 11) is -7.67. The fraction of sp³-hybridized carbons (Fsp3) is 0.0769. The third-order valence-electron chi connectivity index (χ3n) is 2.82. The van der Waals surface area contributed by atoms with Crippen LogP contribution in [0.15, 0.2) is 41.3 Å². The number of nitrogens with one attached hydrogen (secondary N) is 2. The summed E-state index contributed by atoms with van der Waals surface area (Å²) in [6.45, 7) is 0. The lowest BCUT2D eigenvalue weighted by Crippen LogP contribution is -2.14. The van der Waals surface area contributed by atoms with Crippen molar-refractivity contribution in [3.63, 3.8) is 0 Å². The second kappa shape index (κ2) is 6.55. The predicted octanol–water partition coefficient (Wildman–Crippen LogP) is 2.24. The van der Waals surface area contributed by atoms with Gasteiger partial charge in [0, 0.05) is 5.02 Å². The van der Waals surface area contributed by atoms with E-state index in [4.69, 9.17) is 16.7 Å². The Morgan fingerprint density at radius 1 is 1.00 bits per heavy atom. The normalized spacial score (nSPS) is 12.0. The van der Waals surface area contributed by atoms with Crippen LogP contribution in [-0.2, 0) is 20.0 Å². The zero-order valence-electron chi connectivity index (χ0n) is 12.2. The molecule has 4 N–H and O–H groups in total. The van der Waals surface area contributed by atoms with E-state index in [1.54, 1.807) is 0 Å². The number of nitrogens with two attached hydrogens (primary N) is 1. The highest BCUT2D eigenvalue weighted by atomic mass is 35.5. The maximum atomic E-state index is 13.9. The molecule has 0 spiro atoms. The minimum Gasteiger partial charge on any atom is -0.351 e. The van der Waals surface area contributed by atoms with Gasteiger partial charge in [0.2, 0.25) is 20.0 Å². The number of primary sulfonamides is 1. The van der Waals surface area contributed by atoms with Crippen LogP contribution in [0.4, 0.5) is 21.5 Å². The molecule has 0 aliphatic carbocycles. The molecular formula is C13H13ClFN3O4S2. The van der Waals surface area contributed by atoms with Crippen molar-refractivity contribution < 1.29 is 21.2 Å². The largest absolute Gasteiger partial charge is 0.351 e. The van der Waals surface area contributed by atoms with E-state index in [0.29, 0.717) is 0 Å². The molecule has 0 unspecified atom stereocenters. The van der Waals surface area contributed by atoms with E-state index in [1.165, 1.54) is 18.2 Å². The maximum absolute atomic E-state index is 13.9. The molecule has 0 saturated carbocycles. The highest BCUT2D eigenvalue weighted by molar-refractivity contribution is 7.92. The number of halogens is 2. The Balaban J connectivity index is 2.54. The maximum Gasteiger partial charge on any atom is 0.238 e. The van der Waals surface area contributed by atoms with E-state index in [9.17, 15) is 21.2 Å². The van der Waals surface area contributed by atoms with E-state index in [-0.39, 0.29) is 27.0 Å². The standard InChI is InChI=1S/C13H13ClFN3O4S2/c1-23(19,20)18-12-5-3-9(24(16,21)22)7-13(12)17-11-4-2-8(14)6-10(11)15/h2-7,17-18H,1H3,(H2,16,21,22). The molecule has 24 heavy (non-hydrogen) atoms. The van der Waals surface area contributed by atoms with Gasteiger partial charge in [-0.05, 0) is 36.4 Å². The van der Waals surface area contributed by atoms with Crippen molar-refractivity contribution in [2.45, 2.75) is 4.90 Å². The van der Waals surface area contributed by atoms with Gasteiger partial charge in [0.1, 0.15) is 5.82 Å². The molecule has 0 radical (unpaired) electrons. The number of sulfonamides is 2. The van der Waals surface area contributed by atoms with Crippen molar-refractivity contribution in [3.05, 3.63) is 47.2 Å². The molecule has 0 aliphatic rings. The number of anilines is 3. The molecule has 0 aromatic heterocycles. The monoisotopic (exact) mass is 393 g/mol. The first-order valence-electron chi connectivity index (χ1n) is 6.32. The minimum atomic E-state index is -4.03. The average Bonchev–Trinajstić information content (AvgIpc) is 2.40. The molecule has 0 aliphatic heterocycles. The van der Waals surface area contributed by atoms with Crippen molar-refractivity contribution >= 4 is 48.7 Å². The van der Waals surface area contributed by atoms with Gasteiger partial charge in [-0.3, -0.25) is 4.72 Å². The van der Waals surface area contributed by atoms with Crippen LogP contribution in [0.1, 0.15) is 0 Å². The van der Waals surface area contributed by atoms with Crippen LogP contribution < -0.4 is 15.2 Å². The summed E-state index contributed by atoms with van der Waals surface area (Å²) >= 11 is 5.67. The molecular weight excluding hydrogens is 381 g/mol. The van der Waals surface area contributed by atoms with E-state index < -0.39 is 25.9 Å². The molecule has 0 amide bonds. The highest BCUT2D eigenvalue weighted by Crippen LogP contribution is 2.30. The zero-order chi connectivity index (χ0) is 18.1. The van der Waals surface area contributed by atoms with Crippen LogP contribution in [0.5, 0.6) is 0 Å². The molecule has 2 aromatic carbocycles. The van der Waals surface area contributed by atoms with Crippen molar-refractivity contribution in [2.24, 2.45) is 5.14 Å².